The number of nitrogens with zero attached hydrogens (tertiary/aromatic N) is 1. The maximum Gasteiger partial charge on any atom is 0.266 e. The Morgan fingerprint density at radius 2 is 1.87 bits per heavy atom. The van der Waals surface area contributed by atoms with E-state index in [9.17, 15) is 4.79 Å². The Hall–Kier alpha value is -1.22. The van der Waals surface area contributed by atoms with Crippen LogP contribution in [0.5, 0.6) is 5.75 Å². The molecule has 1 aromatic rings. The molecule has 0 heterocycles. The van der Waals surface area contributed by atoms with Crippen molar-refractivity contribution in [2.75, 3.05) is 13.6 Å². The van der Waals surface area contributed by atoms with Gasteiger partial charge in [0.15, 0.2) is 5.60 Å². The van der Waals surface area contributed by atoms with Crippen LogP contribution in [0.1, 0.15) is 46.6 Å². The number of aryl methyl sites for hydroxylation is 1. The summed E-state index contributed by atoms with van der Waals surface area (Å²) in [5, 5.41) is 0.617. The Morgan fingerprint density at radius 3 is 2.35 bits per heavy atom. The first kappa shape index (κ1) is 19.8. The largest absolute Gasteiger partial charge is 0.477 e. The topological polar surface area (TPSA) is 29.5 Å². The van der Waals surface area contributed by atoms with E-state index in [4.69, 9.17) is 16.3 Å². The third kappa shape index (κ3) is 5.42. The van der Waals surface area contributed by atoms with E-state index in [1.54, 1.807) is 11.0 Å². The zero-order valence-electron chi connectivity index (χ0n) is 15.4. The molecule has 1 rings (SSSR count). The summed E-state index contributed by atoms with van der Waals surface area (Å²) in [7, 11) is 1.85. The van der Waals surface area contributed by atoms with Gasteiger partial charge < -0.3 is 9.64 Å². The average Bonchev–Trinajstić information content (AvgIpc) is 2.42. The summed E-state index contributed by atoms with van der Waals surface area (Å²) in [6.07, 6.45) is 0.979. The van der Waals surface area contributed by atoms with Gasteiger partial charge in [-0.15, -0.1) is 0 Å². The zero-order valence-corrected chi connectivity index (χ0v) is 16.2. The lowest BCUT2D eigenvalue weighted by Gasteiger charge is -2.36. The summed E-state index contributed by atoms with van der Waals surface area (Å²) in [5.74, 6) is 1.24. The molecule has 0 aliphatic carbocycles. The molecule has 0 saturated heterocycles. The van der Waals surface area contributed by atoms with E-state index < -0.39 is 5.60 Å². The molecule has 0 spiro atoms. The first-order valence-electron chi connectivity index (χ1n) is 8.28. The number of likely N-dealkylation sites (N-methyl/N-ethyl adjacent to an activating group) is 1. The second-order valence-corrected chi connectivity index (χ2v) is 7.67. The van der Waals surface area contributed by atoms with Crippen LogP contribution >= 0.6 is 11.6 Å². The van der Waals surface area contributed by atoms with E-state index in [0.29, 0.717) is 16.7 Å². The highest BCUT2D eigenvalue weighted by Crippen LogP contribution is 2.30. The van der Waals surface area contributed by atoms with Crippen molar-refractivity contribution in [2.45, 2.75) is 53.6 Å². The molecule has 0 aliphatic heterocycles. The lowest BCUT2D eigenvalue weighted by atomic mass is 9.90. The summed E-state index contributed by atoms with van der Waals surface area (Å²) in [6.45, 7) is 12.9. The molecule has 130 valence electrons. The summed E-state index contributed by atoms with van der Waals surface area (Å²) in [5.41, 5.74) is 0.0993. The molecule has 0 fully saturated rings. The third-order valence-electron chi connectivity index (χ3n) is 4.26. The summed E-state index contributed by atoms with van der Waals surface area (Å²) in [6, 6.07) is 5.54. The molecular formula is C19H30ClNO2. The first-order chi connectivity index (χ1) is 10.6. The van der Waals surface area contributed by atoms with Crippen LogP contribution in [0, 0.1) is 18.8 Å². The molecular weight excluding hydrogens is 310 g/mol. The first-order valence-corrected chi connectivity index (χ1v) is 8.65. The third-order valence-corrected chi connectivity index (χ3v) is 4.48. The minimum absolute atomic E-state index is 0.00535. The van der Waals surface area contributed by atoms with E-state index in [1.165, 1.54) is 0 Å². The number of benzene rings is 1. The van der Waals surface area contributed by atoms with Gasteiger partial charge in [0, 0.05) is 24.5 Å². The van der Waals surface area contributed by atoms with Crippen LogP contribution < -0.4 is 4.74 Å². The van der Waals surface area contributed by atoms with Crippen molar-refractivity contribution in [3.05, 3.63) is 28.8 Å². The zero-order chi connectivity index (χ0) is 17.8. The average molecular weight is 340 g/mol. The molecule has 1 aromatic carbocycles. The molecule has 3 nitrogen and oxygen atoms in total. The second-order valence-electron chi connectivity index (χ2n) is 7.24. The maximum absolute atomic E-state index is 13.0. The molecule has 0 bridgehead atoms. The van der Waals surface area contributed by atoms with E-state index in [-0.39, 0.29) is 11.8 Å². The van der Waals surface area contributed by atoms with Gasteiger partial charge in [-0.2, -0.15) is 0 Å². The fraction of sp³-hybridized carbons (Fsp3) is 0.632. The number of halogens is 1. The minimum Gasteiger partial charge on any atom is -0.477 e. The van der Waals surface area contributed by atoms with Crippen molar-refractivity contribution in [1.29, 1.82) is 0 Å². The number of hydrogen-bond acceptors (Lipinski definition) is 2. The number of carbonyl (C=O) groups excluding carboxylic acids is 1. The molecule has 0 N–H and O–H groups in total. The van der Waals surface area contributed by atoms with Crippen LogP contribution in [-0.2, 0) is 4.79 Å². The smallest absolute Gasteiger partial charge is 0.266 e. The number of carbonyl (C=O) groups is 1. The van der Waals surface area contributed by atoms with Crippen LogP contribution in [-0.4, -0.2) is 30.0 Å². The van der Waals surface area contributed by atoms with Crippen molar-refractivity contribution < 1.29 is 9.53 Å². The Morgan fingerprint density at radius 1 is 1.26 bits per heavy atom. The highest BCUT2D eigenvalue weighted by atomic mass is 35.5. The summed E-state index contributed by atoms with van der Waals surface area (Å²) < 4.78 is 6.14. The fourth-order valence-electron chi connectivity index (χ4n) is 2.35. The van der Waals surface area contributed by atoms with Gasteiger partial charge in [-0.05, 0) is 49.9 Å². The van der Waals surface area contributed by atoms with Crippen molar-refractivity contribution in [1.82, 2.24) is 4.90 Å². The number of amides is 1. The fourth-order valence-corrected chi connectivity index (χ4v) is 2.63. The monoisotopic (exact) mass is 339 g/mol. The normalized spacial score (nSPS) is 14.0. The Labute approximate surface area is 146 Å². The molecule has 1 atom stereocenters. The van der Waals surface area contributed by atoms with E-state index >= 15 is 0 Å². The molecule has 4 heteroatoms. The minimum atomic E-state index is -0.914. The number of hydrogen-bond donors (Lipinski definition) is 0. The highest BCUT2D eigenvalue weighted by molar-refractivity contribution is 6.30. The summed E-state index contributed by atoms with van der Waals surface area (Å²) in [4.78, 5) is 14.7. The molecule has 0 aliphatic rings. The lowest BCUT2D eigenvalue weighted by molar-refractivity contribution is -0.149. The van der Waals surface area contributed by atoms with E-state index in [0.717, 1.165) is 18.5 Å². The van der Waals surface area contributed by atoms with Gasteiger partial charge in [-0.3, -0.25) is 4.79 Å². The van der Waals surface area contributed by atoms with Crippen LogP contribution in [0.3, 0.4) is 0 Å². The predicted molar refractivity (Wildman–Crippen MR) is 97.2 cm³/mol. The van der Waals surface area contributed by atoms with E-state index in [1.807, 2.05) is 46.9 Å². The molecule has 1 amide bonds. The van der Waals surface area contributed by atoms with Gasteiger partial charge in [-0.25, -0.2) is 0 Å². The van der Waals surface area contributed by atoms with Crippen LogP contribution in [0.25, 0.3) is 0 Å². The SMILES string of the molecule is Cc1cc(Cl)cc(OC(C)(C(=O)N(C)CCC(C)C)C(C)C)c1. The second kappa shape index (κ2) is 8.05. The Bertz CT molecular complexity index is 522. The van der Waals surface area contributed by atoms with Crippen molar-refractivity contribution >= 4 is 17.5 Å². The molecule has 0 aromatic heterocycles. The van der Waals surface area contributed by atoms with Crippen LogP contribution in [0.15, 0.2) is 18.2 Å². The van der Waals surface area contributed by atoms with Crippen LogP contribution in [0.2, 0.25) is 5.02 Å². The number of ether oxygens (including phenoxy) is 1. The van der Waals surface area contributed by atoms with Crippen molar-refractivity contribution in [3.8, 4) is 5.75 Å². The number of rotatable bonds is 7. The molecule has 23 heavy (non-hydrogen) atoms. The van der Waals surface area contributed by atoms with Gasteiger partial charge in [-0.1, -0.05) is 39.3 Å². The van der Waals surface area contributed by atoms with E-state index in [2.05, 4.69) is 13.8 Å². The van der Waals surface area contributed by atoms with Crippen LogP contribution in [0.4, 0.5) is 0 Å². The van der Waals surface area contributed by atoms with Crippen molar-refractivity contribution in [2.24, 2.45) is 11.8 Å². The standard InChI is InChI=1S/C19H30ClNO2/c1-13(2)8-9-21(7)18(22)19(6,14(3)4)23-17-11-15(5)10-16(20)12-17/h10-14H,8-9H2,1-7H3. The summed E-state index contributed by atoms with van der Waals surface area (Å²) >= 11 is 6.11. The lowest BCUT2D eigenvalue weighted by Crippen LogP contribution is -2.53. The Kier molecular flexibility index (Phi) is 6.94. The molecule has 0 saturated carbocycles. The van der Waals surface area contributed by atoms with Gasteiger partial charge in [0.25, 0.3) is 5.91 Å². The van der Waals surface area contributed by atoms with Gasteiger partial charge in [0.05, 0.1) is 0 Å². The van der Waals surface area contributed by atoms with Gasteiger partial charge >= 0.3 is 0 Å². The van der Waals surface area contributed by atoms with Gasteiger partial charge in [0.1, 0.15) is 5.75 Å². The molecule has 0 radical (unpaired) electrons. The predicted octanol–water partition coefficient (Wildman–Crippen LogP) is 4.95. The Balaban J connectivity index is 2.99. The molecule has 1 unspecified atom stereocenters. The van der Waals surface area contributed by atoms with Gasteiger partial charge in [0.2, 0.25) is 0 Å². The quantitative estimate of drug-likeness (QED) is 0.703. The van der Waals surface area contributed by atoms with Crippen molar-refractivity contribution in [3.63, 3.8) is 0 Å². The maximum atomic E-state index is 13.0. The highest BCUT2D eigenvalue weighted by Gasteiger charge is 2.41.